The number of rotatable bonds is 3. The quantitative estimate of drug-likeness (QED) is 0.486. The van der Waals surface area contributed by atoms with E-state index in [0.29, 0.717) is 12.0 Å². The summed E-state index contributed by atoms with van der Waals surface area (Å²) in [5, 5.41) is 3.20. The summed E-state index contributed by atoms with van der Waals surface area (Å²) in [5.41, 5.74) is 5.89. The van der Waals surface area contributed by atoms with Crippen LogP contribution in [0.4, 0.5) is 0 Å². The molecule has 18 heavy (non-hydrogen) atoms. The summed E-state index contributed by atoms with van der Waals surface area (Å²) in [4.78, 5) is 8.86. The molecule has 102 valence electrons. The fourth-order valence-corrected chi connectivity index (χ4v) is 2.03. The second kappa shape index (κ2) is 6.96. The van der Waals surface area contributed by atoms with Gasteiger partial charge in [-0.25, -0.2) is 9.98 Å². The lowest BCUT2D eigenvalue weighted by atomic mass is 10.1. The number of hydrogen-bond acceptors (Lipinski definition) is 2. The number of aliphatic imine (C=N–C) groups is 1. The van der Waals surface area contributed by atoms with Crippen LogP contribution >= 0.6 is 24.0 Å². The number of imidazole rings is 1. The van der Waals surface area contributed by atoms with Crippen LogP contribution in [-0.2, 0) is 13.0 Å². The Kier molecular flexibility index (Phi) is 5.90. The summed E-state index contributed by atoms with van der Waals surface area (Å²) in [6.07, 6.45) is 6.84. The number of guanidine groups is 1. The molecule has 2 heterocycles. The summed E-state index contributed by atoms with van der Waals surface area (Å²) in [7, 11) is 0. The van der Waals surface area contributed by atoms with E-state index in [2.05, 4.69) is 33.7 Å². The van der Waals surface area contributed by atoms with E-state index in [1.54, 1.807) is 0 Å². The van der Waals surface area contributed by atoms with Crippen LogP contribution in [-0.4, -0.2) is 27.6 Å². The van der Waals surface area contributed by atoms with Gasteiger partial charge < -0.3 is 15.6 Å². The summed E-state index contributed by atoms with van der Waals surface area (Å²) in [6, 6.07) is 0.644. The zero-order chi connectivity index (χ0) is 12.3. The second-order valence-electron chi connectivity index (χ2n) is 4.65. The standard InChI is InChI=1S/C12H21N5.HI/c1-3-9(2)15-12(13)16-10-4-6-17-7-5-14-11(17)8-10;/h5,7,9-10H,3-4,6,8H2,1-2H3,(H3,13,15,16);1H. The van der Waals surface area contributed by atoms with E-state index in [-0.39, 0.29) is 30.0 Å². The van der Waals surface area contributed by atoms with Gasteiger partial charge in [-0.05, 0) is 19.8 Å². The number of halogens is 1. The minimum absolute atomic E-state index is 0. The van der Waals surface area contributed by atoms with Crippen molar-refractivity contribution in [3.8, 4) is 0 Å². The first kappa shape index (κ1) is 15.3. The lowest BCUT2D eigenvalue weighted by Crippen LogP contribution is -2.39. The number of nitrogens with two attached hydrogens (primary N) is 1. The number of aromatic nitrogens is 2. The predicted octanol–water partition coefficient (Wildman–Crippen LogP) is 1.52. The molecule has 3 N–H and O–H groups in total. The molecule has 0 spiro atoms. The Morgan fingerprint density at radius 1 is 1.72 bits per heavy atom. The molecule has 1 aliphatic heterocycles. The molecule has 0 saturated carbocycles. The average molecular weight is 363 g/mol. The first-order chi connectivity index (χ1) is 8.19. The highest BCUT2D eigenvalue weighted by Gasteiger charge is 2.18. The van der Waals surface area contributed by atoms with Gasteiger partial charge in [0.05, 0.1) is 6.04 Å². The SMILES string of the molecule is CCC(C)NC(N)=NC1CCn2ccnc2C1.I. The normalized spacial score (nSPS) is 20.8. The lowest BCUT2D eigenvalue weighted by molar-refractivity contribution is 0.462. The molecule has 1 aromatic heterocycles. The molecule has 0 bridgehead atoms. The van der Waals surface area contributed by atoms with Crippen LogP contribution in [0, 0.1) is 0 Å². The van der Waals surface area contributed by atoms with Crippen LogP contribution in [0.3, 0.4) is 0 Å². The third-order valence-electron chi connectivity index (χ3n) is 3.25. The molecule has 2 rings (SSSR count). The number of hydrogen-bond donors (Lipinski definition) is 2. The van der Waals surface area contributed by atoms with Crippen LogP contribution in [0.2, 0.25) is 0 Å². The summed E-state index contributed by atoms with van der Waals surface area (Å²) in [6.45, 7) is 5.22. The molecular formula is C12H22IN5. The van der Waals surface area contributed by atoms with Gasteiger partial charge in [0.1, 0.15) is 5.82 Å². The van der Waals surface area contributed by atoms with E-state index < -0.39 is 0 Å². The van der Waals surface area contributed by atoms with Crippen LogP contribution < -0.4 is 11.1 Å². The summed E-state index contributed by atoms with van der Waals surface area (Å²) in [5.74, 6) is 1.67. The molecule has 1 aromatic rings. The zero-order valence-corrected chi connectivity index (χ0v) is 13.3. The highest BCUT2D eigenvalue weighted by Crippen LogP contribution is 2.15. The Labute approximate surface area is 125 Å². The lowest BCUT2D eigenvalue weighted by Gasteiger charge is -2.21. The summed E-state index contributed by atoms with van der Waals surface area (Å²) < 4.78 is 2.18. The van der Waals surface area contributed by atoms with Crippen molar-refractivity contribution in [2.75, 3.05) is 0 Å². The molecule has 0 fully saturated rings. The average Bonchev–Trinajstić information content (AvgIpc) is 2.75. The van der Waals surface area contributed by atoms with Crippen molar-refractivity contribution < 1.29 is 0 Å². The van der Waals surface area contributed by atoms with E-state index in [0.717, 1.165) is 31.6 Å². The van der Waals surface area contributed by atoms with Gasteiger partial charge in [0, 0.05) is 31.4 Å². The van der Waals surface area contributed by atoms with Crippen molar-refractivity contribution in [2.24, 2.45) is 10.7 Å². The maximum Gasteiger partial charge on any atom is 0.189 e. The van der Waals surface area contributed by atoms with Crippen molar-refractivity contribution in [2.45, 2.75) is 51.7 Å². The maximum atomic E-state index is 5.89. The molecule has 5 nitrogen and oxygen atoms in total. The largest absolute Gasteiger partial charge is 0.370 e. The van der Waals surface area contributed by atoms with Crippen molar-refractivity contribution in [3.63, 3.8) is 0 Å². The van der Waals surface area contributed by atoms with Crippen LogP contribution in [0.25, 0.3) is 0 Å². The highest BCUT2D eigenvalue weighted by molar-refractivity contribution is 14.0. The zero-order valence-electron chi connectivity index (χ0n) is 11.0. The minimum Gasteiger partial charge on any atom is -0.370 e. The Morgan fingerprint density at radius 2 is 2.50 bits per heavy atom. The maximum absolute atomic E-state index is 5.89. The molecule has 6 heteroatoms. The van der Waals surface area contributed by atoms with E-state index in [4.69, 9.17) is 5.73 Å². The van der Waals surface area contributed by atoms with Crippen molar-refractivity contribution in [1.82, 2.24) is 14.9 Å². The monoisotopic (exact) mass is 363 g/mol. The molecule has 2 atom stereocenters. The molecule has 0 saturated heterocycles. The van der Waals surface area contributed by atoms with E-state index >= 15 is 0 Å². The van der Waals surface area contributed by atoms with Crippen molar-refractivity contribution in [1.29, 1.82) is 0 Å². The first-order valence-corrected chi connectivity index (χ1v) is 6.29. The fourth-order valence-electron chi connectivity index (χ4n) is 2.03. The Bertz CT molecular complexity index is 401. The molecular weight excluding hydrogens is 341 g/mol. The smallest absolute Gasteiger partial charge is 0.189 e. The van der Waals surface area contributed by atoms with Crippen LogP contribution in [0.5, 0.6) is 0 Å². The Hall–Kier alpha value is -0.790. The van der Waals surface area contributed by atoms with Crippen LogP contribution in [0.1, 0.15) is 32.5 Å². The molecule has 2 unspecified atom stereocenters. The molecule has 0 amide bonds. The molecule has 1 aliphatic rings. The Balaban J connectivity index is 0.00000162. The van der Waals surface area contributed by atoms with Gasteiger partial charge in [0.25, 0.3) is 0 Å². The van der Waals surface area contributed by atoms with Gasteiger partial charge in [0.15, 0.2) is 5.96 Å². The Morgan fingerprint density at radius 3 is 3.22 bits per heavy atom. The minimum atomic E-state index is 0. The predicted molar refractivity (Wildman–Crippen MR) is 84.3 cm³/mol. The number of nitrogens with zero attached hydrogens (tertiary/aromatic N) is 3. The van der Waals surface area contributed by atoms with E-state index in [9.17, 15) is 0 Å². The van der Waals surface area contributed by atoms with Crippen molar-refractivity contribution >= 4 is 29.9 Å². The third kappa shape index (κ3) is 3.86. The van der Waals surface area contributed by atoms with Crippen LogP contribution in [0.15, 0.2) is 17.4 Å². The highest BCUT2D eigenvalue weighted by atomic mass is 127. The van der Waals surface area contributed by atoms with Gasteiger partial charge in [0.2, 0.25) is 0 Å². The number of nitrogens with one attached hydrogen (secondary N) is 1. The van der Waals surface area contributed by atoms with Crippen molar-refractivity contribution in [3.05, 3.63) is 18.2 Å². The molecule has 0 aromatic carbocycles. The number of aryl methyl sites for hydroxylation is 1. The molecule has 0 radical (unpaired) electrons. The van der Waals surface area contributed by atoms with Gasteiger partial charge in [-0.15, -0.1) is 24.0 Å². The summed E-state index contributed by atoms with van der Waals surface area (Å²) >= 11 is 0. The van der Waals surface area contributed by atoms with Gasteiger partial charge >= 0.3 is 0 Å². The van der Waals surface area contributed by atoms with E-state index in [1.807, 2.05) is 12.4 Å². The van der Waals surface area contributed by atoms with Gasteiger partial charge in [-0.2, -0.15) is 0 Å². The second-order valence-corrected chi connectivity index (χ2v) is 4.65. The van der Waals surface area contributed by atoms with E-state index in [1.165, 1.54) is 0 Å². The number of fused-ring (bicyclic) bond motifs is 1. The van der Waals surface area contributed by atoms with Gasteiger partial charge in [-0.1, -0.05) is 6.92 Å². The first-order valence-electron chi connectivity index (χ1n) is 6.29. The topological polar surface area (TPSA) is 68.2 Å². The third-order valence-corrected chi connectivity index (χ3v) is 3.25. The fraction of sp³-hybridized carbons (Fsp3) is 0.667. The van der Waals surface area contributed by atoms with Gasteiger partial charge in [-0.3, -0.25) is 0 Å². The molecule has 0 aliphatic carbocycles.